The average molecular weight is 381 g/mol. The molecule has 0 saturated heterocycles. The quantitative estimate of drug-likeness (QED) is 0.683. The predicted molar refractivity (Wildman–Crippen MR) is 111 cm³/mol. The standard InChI is InChI=1S/C22H27N3O3/c1-14(2)12-20(25-21(27)19-11-6-5-8-15(19)3)22(28)24-18-10-7-9-17(13-18)23-16(4)26/h5-11,13-14,20H,12H2,1-4H3,(H,23,26)(H,24,28)(H,25,27). The Balaban J connectivity index is 2.14. The number of aryl methyl sites for hydroxylation is 1. The number of hydrogen-bond acceptors (Lipinski definition) is 3. The van der Waals surface area contributed by atoms with Crippen molar-refractivity contribution >= 4 is 29.1 Å². The number of amides is 3. The SMILES string of the molecule is CC(=O)Nc1cccc(NC(=O)C(CC(C)C)NC(=O)c2ccccc2C)c1. The van der Waals surface area contributed by atoms with Crippen LogP contribution in [-0.2, 0) is 9.59 Å². The minimum absolute atomic E-state index is 0.188. The summed E-state index contributed by atoms with van der Waals surface area (Å²) < 4.78 is 0. The minimum Gasteiger partial charge on any atom is -0.340 e. The molecule has 0 fully saturated rings. The van der Waals surface area contributed by atoms with Crippen LogP contribution in [0.4, 0.5) is 11.4 Å². The van der Waals surface area contributed by atoms with Crippen molar-refractivity contribution in [2.24, 2.45) is 5.92 Å². The smallest absolute Gasteiger partial charge is 0.252 e. The van der Waals surface area contributed by atoms with E-state index in [-0.39, 0.29) is 23.6 Å². The van der Waals surface area contributed by atoms with Gasteiger partial charge in [0.1, 0.15) is 6.04 Å². The van der Waals surface area contributed by atoms with Crippen molar-refractivity contribution in [2.75, 3.05) is 10.6 Å². The Labute approximate surface area is 165 Å². The van der Waals surface area contributed by atoms with Gasteiger partial charge in [-0.2, -0.15) is 0 Å². The highest BCUT2D eigenvalue weighted by atomic mass is 16.2. The second kappa shape index (κ2) is 9.69. The molecule has 148 valence electrons. The first kappa shape index (κ1) is 21.2. The third-order valence-electron chi connectivity index (χ3n) is 4.17. The molecule has 2 aromatic rings. The van der Waals surface area contributed by atoms with E-state index >= 15 is 0 Å². The van der Waals surface area contributed by atoms with Crippen molar-refractivity contribution < 1.29 is 14.4 Å². The Morgan fingerprint density at radius 3 is 2.18 bits per heavy atom. The van der Waals surface area contributed by atoms with Gasteiger partial charge >= 0.3 is 0 Å². The van der Waals surface area contributed by atoms with Gasteiger partial charge in [0.2, 0.25) is 11.8 Å². The summed E-state index contributed by atoms with van der Waals surface area (Å²) in [6.45, 7) is 7.28. The van der Waals surface area contributed by atoms with Crippen molar-refractivity contribution in [3.8, 4) is 0 Å². The molecule has 6 nitrogen and oxygen atoms in total. The molecule has 3 amide bonds. The lowest BCUT2D eigenvalue weighted by molar-refractivity contribution is -0.118. The molecular weight excluding hydrogens is 354 g/mol. The van der Waals surface area contributed by atoms with Gasteiger partial charge in [-0.1, -0.05) is 38.1 Å². The second-order valence-corrected chi connectivity index (χ2v) is 7.22. The molecule has 0 spiro atoms. The Hall–Kier alpha value is -3.15. The van der Waals surface area contributed by atoms with E-state index in [0.29, 0.717) is 23.4 Å². The molecule has 6 heteroatoms. The van der Waals surface area contributed by atoms with Crippen LogP contribution in [0.2, 0.25) is 0 Å². The van der Waals surface area contributed by atoms with Gasteiger partial charge in [-0.3, -0.25) is 14.4 Å². The van der Waals surface area contributed by atoms with Crippen LogP contribution in [0.1, 0.15) is 43.1 Å². The lowest BCUT2D eigenvalue weighted by Crippen LogP contribution is -2.44. The number of benzene rings is 2. The summed E-state index contributed by atoms with van der Waals surface area (Å²) >= 11 is 0. The highest BCUT2D eigenvalue weighted by Crippen LogP contribution is 2.17. The highest BCUT2D eigenvalue weighted by molar-refractivity contribution is 6.02. The van der Waals surface area contributed by atoms with Crippen LogP contribution in [0.25, 0.3) is 0 Å². The van der Waals surface area contributed by atoms with Gasteiger partial charge in [0.05, 0.1) is 0 Å². The predicted octanol–water partition coefficient (Wildman–Crippen LogP) is 3.74. The summed E-state index contributed by atoms with van der Waals surface area (Å²) in [5.41, 5.74) is 2.55. The lowest BCUT2D eigenvalue weighted by atomic mass is 10.0. The number of rotatable bonds is 7. The third kappa shape index (κ3) is 6.23. The maximum Gasteiger partial charge on any atom is 0.252 e. The van der Waals surface area contributed by atoms with E-state index in [0.717, 1.165) is 5.56 Å². The molecule has 2 aromatic carbocycles. The van der Waals surface area contributed by atoms with Gasteiger partial charge in [0, 0.05) is 23.9 Å². The number of anilines is 2. The summed E-state index contributed by atoms with van der Waals surface area (Å²) in [4.78, 5) is 36.7. The number of nitrogens with one attached hydrogen (secondary N) is 3. The van der Waals surface area contributed by atoms with Crippen LogP contribution in [0.3, 0.4) is 0 Å². The van der Waals surface area contributed by atoms with Gasteiger partial charge in [0.25, 0.3) is 5.91 Å². The van der Waals surface area contributed by atoms with Crippen molar-refractivity contribution in [3.63, 3.8) is 0 Å². The number of carbonyl (C=O) groups excluding carboxylic acids is 3. The molecule has 0 heterocycles. The van der Waals surface area contributed by atoms with E-state index in [1.807, 2.05) is 32.9 Å². The molecule has 0 bridgehead atoms. The summed E-state index contributed by atoms with van der Waals surface area (Å²) in [6.07, 6.45) is 0.509. The molecule has 3 N–H and O–H groups in total. The molecule has 1 atom stereocenters. The monoisotopic (exact) mass is 381 g/mol. The van der Waals surface area contributed by atoms with E-state index in [2.05, 4.69) is 16.0 Å². The summed E-state index contributed by atoms with van der Waals surface area (Å²) in [6, 6.07) is 13.5. The first-order valence-electron chi connectivity index (χ1n) is 9.31. The zero-order valence-electron chi connectivity index (χ0n) is 16.7. The van der Waals surface area contributed by atoms with Crippen LogP contribution >= 0.6 is 0 Å². The molecular formula is C22H27N3O3. The maximum absolute atomic E-state index is 12.8. The number of hydrogen-bond donors (Lipinski definition) is 3. The molecule has 0 saturated carbocycles. The Morgan fingerprint density at radius 2 is 1.57 bits per heavy atom. The van der Waals surface area contributed by atoms with Crippen LogP contribution in [-0.4, -0.2) is 23.8 Å². The van der Waals surface area contributed by atoms with Gasteiger partial charge in [-0.05, 0) is 49.1 Å². The zero-order chi connectivity index (χ0) is 20.7. The minimum atomic E-state index is -0.670. The fourth-order valence-corrected chi connectivity index (χ4v) is 2.87. The average Bonchev–Trinajstić information content (AvgIpc) is 2.60. The normalized spacial score (nSPS) is 11.6. The molecule has 0 aliphatic carbocycles. The molecule has 0 aliphatic rings. The molecule has 0 aromatic heterocycles. The summed E-state index contributed by atoms with van der Waals surface area (Å²) in [5.74, 6) is -0.535. The van der Waals surface area contributed by atoms with Crippen LogP contribution in [0.15, 0.2) is 48.5 Å². The van der Waals surface area contributed by atoms with Gasteiger partial charge < -0.3 is 16.0 Å². The number of carbonyl (C=O) groups is 3. The fourth-order valence-electron chi connectivity index (χ4n) is 2.87. The van der Waals surface area contributed by atoms with E-state index < -0.39 is 6.04 Å². The van der Waals surface area contributed by atoms with Crippen LogP contribution in [0, 0.1) is 12.8 Å². The highest BCUT2D eigenvalue weighted by Gasteiger charge is 2.23. The third-order valence-corrected chi connectivity index (χ3v) is 4.17. The Bertz CT molecular complexity index is 862. The Kier molecular flexibility index (Phi) is 7.32. The van der Waals surface area contributed by atoms with Gasteiger partial charge in [-0.15, -0.1) is 0 Å². The largest absolute Gasteiger partial charge is 0.340 e. The topological polar surface area (TPSA) is 87.3 Å². The van der Waals surface area contributed by atoms with Gasteiger partial charge in [0.15, 0.2) is 0 Å². The summed E-state index contributed by atoms with van der Waals surface area (Å²) in [7, 11) is 0. The molecule has 28 heavy (non-hydrogen) atoms. The van der Waals surface area contributed by atoms with E-state index in [1.54, 1.807) is 36.4 Å². The first-order chi connectivity index (χ1) is 13.3. The molecule has 2 rings (SSSR count). The second-order valence-electron chi connectivity index (χ2n) is 7.22. The zero-order valence-corrected chi connectivity index (χ0v) is 16.7. The van der Waals surface area contributed by atoms with Crippen LogP contribution < -0.4 is 16.0 Å². The lowest BCUT2D eigenvalue weighted by Gasteiger charge is -2.21. The van der Waals surface area contributed by atoms with Crippen molar-refractivity contribution in [2.45, 2.75) is 40.2 Å². The van der Waals surface area contributed by atoms with Gasteiger partial charge in [-0.25, -0.2) is 0 Å². The van der Waals surface area contributed by atoms with E-state index in [4.69, 9.17) is 0 Å². The summed E-state index contributed by atoms with van der Waals surface area (Å²) in [5, 5.41) is 8.36. The van der Waals surface area contributed by atoms with E-state index in [9.17, 15) is 14.4 Å². The maximum atomic E-state index is 12.8. The molecule has 0 aliphatic heterocycles. The first-order valence-corrected chi connectivity index (χ1v) is 9.31. The fraction of sp³-hybridized carbons (Fsp3) is 0.318. The van der Waals surface area contributed by atoms with Crippen molar-refractivity contribution in [1.82, 2.24) is 5.32 Å². The van der Waals surface area contributed by atoms with Crippen molar-refractivity contribution in [1.29, 1.82) is 0 Å². The molecule has 0 radical (unpaired) electrons. The van der Waals surface area contributed by atoms with Crippen LogP contribution in [0.5, 0.6) is 0 Å². The van der Waals surface area contributed by atoms with Crippen molar-refractivity contribution in [3.05, 3.63) is 59.7 Å². The van der Waals surface area contributed by atoms with E-state index in [1.165, 1.54) is 6.92 Å². The Morgan fingerprint density at radius 1 is 0.929 bits per heavy atom. The molecule has 1 unspecified atom stereocenters.